The Bertz CT molecular complexity index is 1200. The molecule has 2 aromatic carbocycles. The fourth-order valence-electron chi connectivity index (χ4n) is 3.80. The van der Waals surface area contributed by atoms with Crippen LogP contribution in [0.15, 0.2) is 66.9 Å². The standard InChI is InChI=1S/C27H30N4O2/c1-3-33-23-15-13-21(14-16-23)18-29-26(32)8-4-7-25-30-24-6-5-17-28-27(24)31(25)19-22-11-9-20(2)10-12-22/h5-6,9-17H,3-4,7-8,18-19H2,1-2H3,(H,29,32). The zero-order valence-electron chi connectivity index (χ0n) is 19.3. The number of benzene rings is 2. The number of nitrogens with one attached hydrogen (secondary N) is 1. The number of aromatic nitrogens is 3. The van der Waals surface area contributed by atoms with Crippen molar-refractivity contribution < 1.29 is 9.53 Å². The van der Waals surface area contributed by atoms with Gasteiger partial charge in [0.15, 0.2) is 5.65 Å². The van der Waals surface area contributed by atoms with E-state index in [1.54, 1.807) is 6.20 Å². The van der Waals surface area contributed by atoms with Gasteiger partial charge in [-0.3, -0.25) is 4.79 Å². The highest BCUT2D eigenvalue weighted by Gasteiger charge is 2.13. The summed E-state index contributed by atoms with van der Waals surface area (Å²) in [6.07, 6.45) is 3.71. The van der Waals surface area contributed by atoms with Crippen molar-refractivity contribution in [1.82, 2.24) is 19.9 Å². The Balaban J connectivity index is 1.34. The fourth-order valence-corrected chi connectivity index (χ4v) is 3.80. The minimum atomic E-state index is 0.0446. The van der Waals surface area contributed by atoms with Crippen molar-refractivity contribution in [2.45, 2.75) is 46.2 Å². The highest BCUT2D eigenvalue weighted by atomic mass is 16.5. The van der Waals surface area contributed by atoms with E-state index < -0.39 is 0 Å². The first-order valence-corrected chi connectivity index (χ1v) is 11.5. The summed E-state index contributed by atoms with van der Waals surface area (Å²) < 4.78 is 7.62. The Hall–Kier alpha value is -3.67. The third-order valence-corrected chi connectivity index (χ3v) is 5.57. The molecule has 0 bridgehead atoms. The zero-order chi connectivity index (χ0) is 23.0. The van der Waals surface area contributed by atoms with Crippen molar-refractivity contribution in [1.29, 1.82) is 0 Å². The van der Waals surface area contributed by atoms with Gasteiger partial charge in [0.05, 0.1) is 13.2 Å². The lowest BCUT2D eigenvalue weighted by Gasteiger charge is -2.10. The Morgan fingerprint density at radius 1 is 1.03 bits per heavy atom. The fraction of sp³-hybridized carbons (Fsp3) is 0.296. The molecule has 4 rings (SSSR count). The molecule has 1 N–H and O–H groups in total. The van der Waals surface area contributed by atoms with Gasteiger partial charge < -0.3 is 14.6 Å². The Kier molecular flexibility index (Phi) is 7.35. The summed E-state index contributed by atoms with van der Waals surface area (Å²) in [6, 6.07) is 20.2. The number of carbonyl (C=O) groups is 1. The second-order valence-electron chi connectivity index (χ2n) is 8.15. The number of amides is 1. The smallest absolute Gasteiger partial charge is 0.220 e. The number of ether oxygens (including phenoxy) is 1. The van der Waals surface area contributed by atoms with Gasteiger partial charge in [-0.2, -0.15) is 0 Å². The molecule has 6 nitrogen and oxygen atoms in total. The van der Waals surface area contributed by atoms with E-state index in [1.807, 2.05) is 43.3 Å². The number of hydrogen-bond donors (Lipinski definition) is 1. The molecule has 0 saturated carbocycles. The summed E-state index contributed by atoms with van der Waals surface area (Å²) >= 11 is 0. The molecule has 0 radical (unpaired) electrons. The molecule has 0 aliphatic carbocycles. The summed E-state index contributed by atoms with van der Waals surface area (Å²) in [7, 11) is 0. The Morgan fingerprint density at radius 2 is 1.79 bits per heavy atom. The van der Waals surface area contributed by atoms with E-state index in [-0.39, 0.29) is 5.91 Å². The minimum absolute atomic E-state index is 0.0446. The van der Waals surface area contributed by atoms with Crippen molar-refractivity contribution in [2.75, 3.05) is 6.61 Å². The lowest BCUT2D eigenvalue weighted by Crippen LogP contribution is -2.22. The van der Waals surface area contributed by atoms with Crippen molar-refractivity contribution in [3.05, 3.63) is 89.4 Å². The number of nitrogens with zero attached hydrogens (tertiary/aromatic N) is 3. The van der Waals surface area contributed by atoms with E-state index in [0.717, 1.165) is 41.1 Å². The molecular weight excluding hydrogens is 412 g/mol. The third kappa shape index (κ3) is 5.98. The largest absolute Gasteiger partial charge is 0.494 e. The van der Waals surface area contributed by atoms with E-state index in [0.29, 0.717) is 26.1 Å². The van der Waals surface area contributed by atoms with Gasteiger partial charge >= 0.3 is 0 Å². The monoisotopic (exact) mass is 442 g/mol. The molecule has 1 amide bonds. The minimum Gasteiger partial charge on any atom is -0.494 e. The number of rotatable bonds is 10. The molecule has 6 heteroatoms. The lowest BCUT2D eigenvalue weighted by molar-refractivity contribution is -0.121. The van der Waals surface area contributed by atoms with Gasteiger partial charge in [-0.25, -0.2) is 9.97 Å². The molecule has 4 aromatic rings. The summed E-state index contributed by atoms with van der Waals surface area (Å²) in [4.78, 5) is 21.7. The summed E-state index contributed by atoms with van der Waals surface area (Å²) in [5.41, 5.74) is 5.27. The van der Waals surface area contributed by atoms with E-state index in [4.69, 9.17) is 9.72 Å². The van der Waals surface area contributed by atoms with E-state index in [2.05, 4.69) is 46.1 Å². The number of carbonyl (C=O) groups excluding carboxylic acids is 1. The molecule has 0 spiro atoms. The van der Waals surface area contributed by atoms with Gasteiger partial charge in [0.2, 0.25) is 5.91 Å². The van der Waals surface area contributed by atoms with Gasteiger partial charge in [0.25, 0.3) is 0 Å². The van der Waals surface area contributed by atoms with Crippen LogP contribution in [0.2, 0.25) is 0 Å². The highest BCUT2D eigenvalue weighted by Crippen LogP contribution is 2.18. The molecule has 0 aliphatic heterocycles. The highest BCUT2D eigenvalue weighted by molar-refractivity contribution is 5.76. The first-order valence-electron chi connectivity index (χ1n) is 11.5. The molecule has 0 unspecified atom stereocenters. The summed E-state index contributed by atoms with van der Waals surface area (Å²) in [6.45, 7) is 5.92. The lowest BCUT2D eigenvalue weighted by atomic mass is 10.1. The first-order chi connectivity index (χ1) is 16.1. The van der Waals surface area contributed by atoms with Gasteiger partial charge in [-0.15, -0.1) is 0 Å². The van der Waals surface area contributed by atoms with Crippen LogP contribution in [0.25, 0.3) is 11.2 Å². The quantitative estimate of drug-likeness (QED) is 0.382. The van der Waals surface area contributed by atoms with Crippen LogP contribution in [-0.2, 0) is 24.3 Å². The average molecular weight is 443 g/mol. The maximum atomic E-state index is 12.4. The van der Waals surface area contributed by atoms with Gasteiger partial charge in [0.1, 0.15) is 17.1 Å². The molecule has 33 heavy (non-hydrogen) atoms. The van der Waals surface area contributed by atoms with Gasteiger partial charge in [0, 0.05) is 25.6 Å². The maximum absolute atomic E-state index is 12.4. The van der Waals surface area contributed by atoms with Crippen LogP contribution in [0.5, 0.6) is 5.75 Å². The molecule has 2 aromatic heterocycles. The van der Waals surface area contributed by atoms with Crippen molar-refractivity contribution in [3.63, 3.8) is 0 Å². The van der Waals surface area contributed by atoms with Crippen LogP contribution in [0.4, 0.5) is 0 Å². The molecule has 0 saturated heterocycles. The van der Waals surface area contributed by atoms with Crippen LogP contribution in [0.1, 0.15) is 42.3 Å². The third-order valence-electron chi connectivity index (χ3n) is 5.57. The van der Waals surface area contributed by atoms with Crippen LogP contribution < -0.4 is 10.1 Å². The molecule has 0 fully saturated rings. The normalized spacial score (nSPS) is 11.0. The van der Waals surface area contributed by atoms with Crippen LogP contribution in [0, 0.1) is 6.92 Å². The summed E-state index contributed by atoms with van der Waals surface area (Å²) in [5.74, 6) is 1.85. The van der Waals surface area contributed by atoms with Crippen molar-refractivity contribution >= 4 is 17.1 Å². The Labute approximate surface area is 194 Å². The van der Waals surface area contributed by atoms with Crippen molar-refractivity contribution in [2.24, 2.45) is 0 Å². The molecule has 0 aliphatic rings. The predicted molar refractivity (Wildman–Crippen MR) is 130 cm³/mol. The first kappa shape index (κ1) is 22.5. The van der Waals surface area contributed by atoms with Crippen LogP contribution in [-0.4, -0.2) is 27.0 Å². The van der Waals surface area contributed by atoms with E-state index in [9.17, 15) is 4.79 Å². The van der Waals surface area contributed by atoms with E-state index >= 15 is 0 Å². The van der Waals surface area contributed by atoms with Crippen LogP contribution in [0.3, 0.4) is 0 Å². The van der Waals surface area contributed by atoms with E-state index in [1.165, 1.54) is 11.1 Å². The molecule has 170 valence electrons. The number of hydrogen-bond acceptors (Lipinski definition) is 4. The molecule has 2 heterocycles. The summed E-state index contributed by atoms with van der Waals surface area (Å²) in [5, 5.41) is 3.00. The zero-order valence-corrected chi connectivity index (χ0v) is 19.3. The molecular formula is C27H30N4O2. The Morgan fingerprint density at radius 3 is 2.55 bits per heavy atom. The van der Waals surface area contributed by atoms with Gasteiger partial charge in [-0.1, -0.05) is 42.0 Å². The predicted octanol–water partition coefficient (Wildman–Crippen LogP) is 4.83. The van der Waals surface area contributed by atoms with Crippen LogP contribution >= 0.6 is 0 Å². The second-order valence-corrected chi connectivity index (χ2v) is 8.15. The average Bonchev–Trinajstić information content (AvgIpc) is 3.17. The SMILES string of the molecule is CCOc1ccc(CNC(=O)CCCc2nc3cccnc3n2Cc2ccc(C)cc2)cc1. The number of imidazole rings is 1. The van der Waals surface area contributed by atoms with Gasteiger partial charge in [-0.05, 0) is 55.7 Å². The second kappa shape index (κ2) is 10.8. The molecule has 0 atom stereocenters. The maximum Gasteiger partial charge on any atom is 0.220 e. The number of aryl methyl sites for hydroxylation is 2. The number of fused-ring (bicyclic) bond motifs is 1. The number of pyridine rings is 1. The topological polar surface area (TPSA) is 69.0 Å². The van der Waals surface area contributed by atoms with Crippen molar-refractivity contribution in [3.8, 4) is 5.75 Å².